The van der Waals surface area contributed by atoms with E-state index in [0.29, 0.717) is 12.2 Å². The molecule has 0 bridgehead atoms. The maximum atomic E-state index is 12.1. The Hall–Kier alpha value is -1.10. The lowest BCUT2D eigenvalue weighted by Crippen LogP contribution is -2.44. The average molecular weight is 314 g/mol. The molecule has 1 rings (SSSR count). The first-order valence-corrected chi connectivity index (χ1v) is 7.53. The standard InChI is InChI=1S/C16H24ClNO3/c1-5-16(20,10-14(18-3)15(19)11(2)17)12-7-6-8-13(9-12)21-4/h6-9,11,14,18,20H,5,10H2,1-4H3. The van der Waals surface area contributed by atoms with Gasteiger partial charge >= 0.3 is 0 Å². The lowest BCUT2D eigenvalue weighted by Gasteiger charge is -2.31. The summed E-state index contributed by atoms with van der Waals surface area (Å²) in [6.07, 6.45) is 0.755. The number of nitrogens with one attached hydrogen (secondary N) is 1. The predicted octanol–water partition coefficient (Wildman–Crippen LogP) is 2.47. The Labute approximate surface area is 131 Å². The molecule has 0 heterocycles. The molecule has 0 aliphatic carbocycles. The maximum Gasteiger partial charge on any atom is 0.167 e. The summed E-state index contributed by atoms with van der Waals surface area (Å²) in [6.45, 7) is 3.53. The maximum absolute atomic E-state index is 12.1. The van der Waals surface area contributed by atoms with Crippen LogP contribution in [0.4, 0.5) is 0 Å². The van der Waals surface area contributed by atoms with Crippen LogP contribution in [-0.4, -0.2) is 36.5 Å². The van der Waals surface area contributed by atoms with Gasteiger partial charge in [0, 0.05) is 6.42 Å². The molecule has 0 aromatic heterocycles. The van der Waals surface area contributed by atoms with Gasteiger partial charge in [0.1, 0.15) is 5.75 Å². The number of ether oxygens (including phenoxy) is 1. The van der Waals surface area contributed by atoms with E-state index in [1.54, 1.807) is 27.1 Å². The summed E-state index contributed by atoms with van der Waals surface area (Å²) in [5.74, 6) is 0.561. The number of hydrogen-bond acceptors (Lipinski definition) is 4. The highest BCUT2D eigenvalue weighted by atomic mass is 35.5. The van der Waals surface area contributed by atoms with Gasteiger partial charge in [-0.2, -0.15) is 0 Å². The number of halogens is 1. The zero-order valence-corrected chi connectivity index (χ0v) is 13.8. The molecular weight excluding hydrogens is 290 g/mol. The molecule has 118 valence electrons. The fourth-order valence-corrected chi connectivity index (χ4v) is 2.49. The third kappa shape index (κ3) is 4.43. The number of Topliss-reactive ketones (excluding diaryl/α,β-unsaturated/α-hetero) is 1. The summed E-state index contributed by atoms with van der Waals surface area (Å²) in [5, 5.41) is 13.3. The van der Waals surface area contributed by atoms with Gasteiger partial charge in [0.25, 0.3) is 0 Å². The van der Waals surface area contributed by atoms with E-state index in [4.69, 9.17) is 16.3 Å². The molecule has 5 heteroatoms. The van der Waals surface area contributed by atoms with Crippen molar-refractivity contribution in [2.24, 2.45) is 0 Å². The first-order chi connectivity index (χ1) is 9.87. The number of rotatable bonds is 8. The largest absolute Gasteiger partial charge is 0.497 e. The second-order valence-corrected chi connectivity index (χ2v) is 5.84. The summed E-state index contributed by atoms with van der Waals surface area (Å²) in [4.78, 5) is 12.1. The van der Waals surface area contributed by atoms with Crippen molar-refractivity contribution in [3.8, 4) is 5.75 Å². The molecule has 0 fully saturated rings. The molecule has 3 unspecified atom stereocenters. The Bertz CT molecular complexity index is 478. The van der Waals surface area contributed by atoms with Gasteiger partial charge in [0.2, 0.25) is 0 Å². The van der Waals surface area contributed by atoms with Crippen molar-refractivity contribution in [3.05, 3.63) is 29.8 Å². The highest BCUT2D eigenvalue weighted by molar-refractivity contribution is 6.31. The molecule has 1 aromatic rings. The molecule has 1 aromatic carbocycles. The van der Waals surface area contributed by atoms with E-state index in [0.717, 1.165) is 5.56 Å². The minimum Gasteiger partial charge on any atom is -0.497 e. The van der Waals surface area contributed by atoms with Crippen molar-refractivity contribution >= 4 is 17.4 Å². The van der Waals surface area contributed by atoms with Gasteiger partial charge < -0.3 is 15.2 Å². The van der Waals surface area contributed by atoms with Gasteiger partial charge in [0.05, 0.1) is 24.1 Å². The molecule has 0 radical (unpaired) electrons. The lowest BCUT2D eigenvalue weighted by atomic mass is 9.83. The van der Waals surface area contributed by atoms with E-state index >= 15 is 0 Å². The first kappa shape index (κ1) is 18.0. The summed E-state index contributed by atoms with van der Waals surface area (Å²) in [5.41, 5.74) is -0.372. The number of aliphatic hydroxyl groups is 1. The van der Waals surface area contributed by atoms with Gasteiger partial charge in [0.15, 0.2) is 5.78 Å². The van der Waals surface area contributed by atoms with Crippen LogP contribution in [0.15, 0.2) is 24.3 Å². The fourth-order valence-electron chi connectivity index (χ4n) is 2.34. The van der Waals surface area contributed by atoms with Gasteiger partial charge in [-0.3, -0.25) is 4.79 Å². The SMILES string of the molecule is CCC(O)(CC(NC)C(=O)C(C)Cl)c1cccc(OC)c1. The Morgan fingerprint density at radius 1 is 1.52 bits per heavy atom. The molecule has 0 saturated heterocycles. The van der Waals surface area contributed by atoms with E-state index in [-0.39, 0.29) is 12.2 Å². The number of benzene rings is 1. The third-order valence-corrected chi connectivity index (χ3v) is 4.03. The lowest BCUT2D eigenvalue weighted by molar-refractivity contribution is -0.122. The molecule has 0 aliphatic rings. The van der Waals surface area contributed by atoms with E-state index in [2.05, 4.69) is 5.32 Å². The van der Waals surface area contributed by atoms with Crippen LogP contribution in [0, 0.1) is 0 Å². The second kappa shape index (κ2) is 7.78. The zero-order chi connectivity index (χ0) is 16.0. The number of ketones is 1. The van der Waals surface area contributed by atoms with Gasteiger partial charge in [-0.15, -0.1) is 11.6 Å². The van der Waals surface area contributed by atoms with Crippen LogP contribution in [0.3, 0.4) is 0 Å². The van der Waals surface area contributed by atoms with Crippen LogP contribution in [0.5, 0.6) is 5.75 Å². The van der Waals surface area contributed by atoms with Crippen LogP contribution < -0.4 is 10.1 Å². The Morgan fingerprint density at radius 3 is 2.67 bits per heavy atom. The Balaban J connectivity index is 3.05. The van der Waals surface area contributed by atoms with Crippen molar-refractivity contribution in [2.75, 3.05) is 14.2 Å². The number of hydrogen-bond donors (Lipinski definition) is 2. The normalized spacial score (nSPS) is 16.9. The molecule has 0 spiro atoms. The number of carbonyl (C=O) groups is 1. The van der Waals surface area contributed by atoms with Crippen molar-refractivity contribution < 1.29 is 14.6 Å². The molecule has 0 amide bonds. The summed E-state index contributed by atoms with van der Waals surface area (Å²) < 4.78 is 5.20. The predicted molar refractivity (Wildman–Crippen MR) is 85.0 cm³/mol. The molecule has 2 N–H and O–H groups in total. The van der Waals surface area contributed by atoms with Crippen molar-refractivity contribution in [3.63, 3.8) is 0 Å². The third-order valence-electron chi connectivity index (χ3n) is 3.82. The smallest absolute Gasteiger partial charge is 0.167 e. The number of methoxy groups -OCH3 is 1. The van der Waals surface area contributed by atoms with Crippen LogP contribution in [0.1, 0.15) is 32.3 Å². The molecule has 0 saturated carbocycles. The number of alkyl halides is 1. The average Bonchev–Trinajstić information content (AvgIpc) is 2.51. The highest BCUT2D eigenvalue weighted by Crippen LogP contribution is 2.32. The monoisotopic (exact) mass is 313 g/mol. The minimum atomic E-state index is -1.11. The van der Waals surface area contributed by atoms with Crippen molar-refractivity contribution in [2.45, 2.75) is 43.7 Å². The quantitative estimate of drug-likeness (QED) is 0.724. The minimum absolute atomic E-state index is 0.117. The van der Waals surface area contributed by atoms with Gasteiger partial charge in [-0.1, -0.05) is 19.1 Å². The summed E-state index contributed by atoms with van der Waals surface area (Å²) in [6, 6.07) is 6.79. The van der Waals surface area contributed by atoms with Crippen molar-refractivity contribution in [1.29, 1.82) is 0 Å². The number of carbonyl (C=O) groups excluding carboxylic acids is 1. The van der Waals surface area contributed by atoms with Crippen LogP contribution in [0.2, 0.25) is 0 Å². The summed E-state index contributed by atoms with van der Waals surface area (Å²) in [7, 11) is 3.28. The van der Waals surface area contributed by atoms with Gasteiger partial charge in [-0.05, 0) is 38.1 Å². The van der Waals surface area contributed by atoms with E-state index in [9.17, 15) is 9.90 Å². The van der Waals surface area contributed by atoms with Crippen LogP contribution in [0.25, 0.3) is 0 Å². The van der Waals surface area contributed by atoms with E-state index in [1.165, 1.54) is 0 Å². The molecule has 21 heavy (non-hydrogen) atoms. The number of likely N-dealkylation sites (N-methyl/N-ethyl adjacent to an activating group) is 1. The Kier molecular flexibility index (Phi) is 6.65. The zero-order valence-electron chi connectivity index (χ0n) is 13.0. The molecule has 4 nitrogen and oxygen atoms in total. The summed E-state index contributed by atoms with van der Waals surface area (Å²) >= 11 is 5.88. The van der Waals surface area contributed by atoms with Crippen LogP contribution >= 0.6 is 11.6 Å². The molecular formula is C16H24ClNO3. The van der Waals surface area contributed by atoms with E-state index < -0.39 is 17.0 Å². The van der Waals surface area contributed by atoms with E-state index in [1.807, 2.05) is 25.1 Å². The topological polar surface area (TPSA) is 58.6 Å². The highest BCUT2D eigenvalue weighted by Gasteiger charge is 2.34. The van der Waals surface area contributed by atoms with Crippen molar-refractivity contribution in [1.82, 2.24) is 5.32 Å². The van der Waals surface area contributed by atoms with Gasteiger partial charge in [-0.25, -0.2) is 0 Å². The second-order valence-electron chi connectivity index (χ2n) is 5.18. The Morgan fingerprint density at radius 2 is 2.19 bits per heavy atom. The molecule has 3 atom stereocenters. The molecule has 0 aliphatic heterocycles. The van der Waals surface area contributed by atoms with Crippen LogP contribution in [-0.2, 0) is 10.4 Å². The fraction of sp³-hybridized carbons (Fsp3) is 0.562. The first-order valence-electron chi connectivity index (χ1n) is 7.10.